The first-order valence-corrected chi connectivity index (χ1v) is 16.6. The minimum atomic E-state index is -0.322. The molecule has 7 aliphatic rings. The second-order valence-corrected chi connectivity index (χ2v) is 14.5. The highest BCUT2D eigenvalue weighted by Crippen LogP contribution is 2.75. The van der Waals surface area contributed by atoms with E-state index in [-0.39, 0.29) is 58.9 Å². The summed E-state index contributed by atoms with van der Waals surface area (Å²) in [7, 11) is 0. The maximum atomic E-state index is 14.3. The molecule has 1 aliphatic heterocycles. The van der Waals surface area contributed by atoms with E-state index in [0.29, 0.717) is 47.5 Å². The largest absolute Gasteiger partial charge is 0.504 e. The van der Waals surface area contributed by atoms with E-state index in [9.17, 15) is 19.5 Å². The number of hydrogen-bond donors (Lipinski definition) is 2. The Hall–Kier alpha value is -4.03. The average molecular weight is 614 g/mol. The summed E-state index contributed by atoms with van der Waals surface area (Å²) < 4.78 is 1.93. The Kier molecular flexibility index (Phi) is 5.62. The average Bonchev–Trinajstić information content (AvgIpc) is 3.91. The van der Waals surface area contributed by atoms with Crippen LogP contribution in [0.25, 0.3) is 11.2 Å². The number of hydrogen-bond acceptors (Lipinski definition) is 9. The lowest BCUT2D eigenvalue weighted by Gasteiger charge is -2.71. The van der Waals surface area contributed by atoms with Crippen LogP contribution in [0.15, 0.2) is 11.1 Å². The number of fused-ring (bicyclic) bond motifs is 2. The molecule has 236 valence electrons. The quantitative estimate of drug-likeness (QED) is 0.390. The van der Waals surface area contributed by atoms with Crippen LogP contribution < -0.4 is 15.6 Å². The van der Waals surface area contributed by atoms with Crippen molar-refractivity contribution < 1.29 is 14.7 Å². The second-order valence-electron chi connectivity index (χ2n) is 14.5. The van der Waals surface area contributed by atoms with E-state index in [0.717, 1.165) is 56.6 Å². The molecule has 3 aromatic rings. The molecule has 0 aromatic carbocycles. The molecule has 7 fully saturated rings. The van der Waals surface area contributed by atoms with Crippen LogP contribution >= 0.6 is 0 Å². The molecule has 0 unspecified atom stereocenters. The summed E-state index contributed by atoms with van der Waals surface area (Å²) in [6, 6.07) is 0.00506. The molecule has 10 rings (SSSR count). The fraction of sp³-hybridized carbons (Fsp3) is 0.656. The van der Waals surface area contributed by atoms with Crippen LogP contribution in [0.3, 0.4) is 0 Å². The van der Waals surface area contributed by atoms with Crippen LogP contribution in [0.5, 0.6) is 5.75 Å². The summed E-state index contributed by atoms with van der Waals surface area (Å²) in [5, 5.41) is 23.4. The number of nitrogens with one attached hydrogen (secondary N) is 1. The first-order valence-electron chi connectivity index (χ1n) is 16.6. The summed E-state index contributed by atoms with van der Waals surface area (Å²) in [5.74, 6) is 0.309. The van der Waals surface area contributed by atoms with Crippen molar-refractivity contribution in [3.8, 4) is 5.75 Å². The number of amides is 2. The molecule has 2 amide bonds. The number of carbonyl (C=O) groups is 2. The van der Waals surface area contributed by atoms with Crippen molar-refractivity contribution in [1.29, 1.82) is 0 Å². The Morgan fingerprint density at radius 3 is 2.44 bits per heavy atom. The van der Waals surface area contributed by atoms with Crippen molar-refractivity contribution in [2.75, 3.05) is 18.0 Å². The number of aromatic nitrogens is 6. The number of pyridine rings is 1. The molecule has 6 saturated carbocycles. The zero-order chi connectivity index (χ0) is 30.8. The summed E-state index contributed by atoms with van der Waals surface area (Å²) in [6.45, 7) is 4.57. The monoisotopic (exact) mass is 613 g/mol. The van der Waals surface area contributed by atoms with Crippen LogP contribution in [-0.4, -0.2) is 82.1 Å². The molecule has 13 nitrogen and oxygen atoms in total. The fourth-order valence-electron chi connectivity index (χ4n) is 9.07. The van der Waals surface area contributed by atoms with E-state index in [1.807, 2.05) is 11.5 Å². The Labute approximate surface area is 260 Å². The molecule has 4 heterocycles. The third-order valence-corrected chi connectivity index (χ3v) is 11.7. The van der Waals surface area contributed by atoms with Crippen molar-refractivity contribution in [3.05, 3.63) is 33.6 Å². The van der Waals surface area contributed by atoms with Crippen LogP contribution in [0.1, 0.15) is 92.6 Å². The van der Waals surface area contributed by atoms with E-state index < -0.39 is 0 Å². The SMILES string of the molecule is CCc1c(N2CCN(C(=O)c3ncnc(C)c3O)[C@H]3CC[C@@H]32)c(=O)c2nn(C3CC3)nc2n1CC(=O)NC12CC(C3CC3)(C1)C2. The molecule has 0 radical (unpaired) electrons. The van der Waals surface area contributed by atoms with Crippen LogP contribution in [0, 0.1) is 18.3 Å². The summed E-state index contributed by atoms with van der Waals surface area (Å²) >= 11 is 0. The number of rotatable bonds is 8. The van der Waals surface area contributed by atoms with E-state index in [2.05, 4.69) is 25.3 Å². The smallest absolute Gasteiger partial charge is 0.276 e. The molecular formula is C32H39N9O4. The third kappa shape index (κ3) is 3.94. The standard InChI is InChI=1S/C32H39N9O4/c1-3-20-26(38-10-11-39(22-9-8-21(22)38)30(45)25-27(43)17(2)33-16-34-25)28(44)24-29(37-41(36-24)19-6-7-19)40(20)12-23(42)35-32-13-31(14-32,15-32)18-4-5-18/h16,18-19,21-22,43H,3-15H2,1-2H3,(H,35,42)/t21-,22-,31?,32?/m0/s1. The molecule has 2 N–H and O–H groups in total. The van der Waals surface area contributed by atoms with Gasteiger partial charge in [0.05, 0.1) is 17.8 Å². The number of nitrogens with zero attached hydrogens (tertiary/aromatic N) is 8. The lowest BCUT2D eigenvalue weighted by molar-refractivity contribution is -0.176. The van der Waals surface area contributed by atoms with Gasteiger partial charge in [0, 0.05) is 30.4 Å². The first kappa shape index (κ1) is 27.3. The highest BCUT2D eigenvalue weighted by molar-refractivity contribution is 5.95. The van der Waals surface area contributed by atoms with Crippen LogP contribution in [-0.2, 0) is 17.8 Å². The number of piperazine rings is 1. The van der Waals surface area contributed by atoms with Gasteiger partial charge >= 0.3 is 0 Å². The molecule has 3 aromatic heterocycles. The summed E-state index contributed by atoms with van der Waals surface area (Å²) in [6.07, 6.45) is 11.4. The second kappa shape index (κ2) is 9.26. The molecular weight excluding hydrogens is 574 g/mol. The first-order chi connectivity index (χ1) is 21.7. The molecule has 6 aliphatic carbocycles. The topological polar surface area (TPSA) is 151 Å². The zero-order valence-electron chi connectivity index (χ0n) is 25.8. The molecule has 2 atom stereocenters. The van der Waals surface area contributed by atoms with E-state index in [4.69, 9.17) is 5.10 Å². The zero-order valence-corrected chi connectivity index (χ0v) is 25.8. The van der Waals surface area contributed by atoms with Gasteiger partial charge in [-0.1, -0.05) is 6.92 Å². The number of aryl methyl sites for hydroxylation is 1. The van der Waals surface area contributed by atoms with E-state index in [1.165, 1.54) is 19.2 Å². The Balaban J connectivity index is 1.04. The summed E-state index contributed by atoms with van der Waals surface area (Å²) in [5.41, 5.74) is 2.77. The minimum absolute atomic E-state index is 0.00842. The number of aromatic hydroxyl groups is 1. The maximum Gasteiger partial charge on any atom is 0.276 e. The minimum Gasteiger partial charge on any atom is -0.504 e. The lowest BCUT2D eigenvalue weighted by Crippen LogP contribution is -2.75. The fourth-order valence-corrected chi connectivity index (χ4v) is 9.07. The highest BCUT2D eigenvalue weighted by Gasteiger charge is 2.72. The van der Waals surface area contributed by atoms with Crippen molar-refractivity contribution in [1.82, 2.24) is 39.7 Å². The van der Waals surface area contributed by atoms with Gasteiger partial charge in [0.2, 0.25) is 11.3 Å². The van der Waals surface area contributed by atoms with E-state index in [1.54, 1.807) is 16.6 Å². The lowest BCUT2D eigenvalue weighted by atomic mass is 9.37. The van der Waals surface area contributed by atoms with Crippen molar-refractivity contribution in [2.45, 2.75) is 108 Å². The van der Waals surface area contributed by atoms with Gasteiger partial charge in [-0.25, -0.2) is 9.97 Å². The molecule has 0 spiro atoms. The predicted octanol–water partition coefficient (Wildman–Crippen LogP) is 2.24. The van der Waals surface area contributed by atoms with Gasteiger partial charge in [-0.2, -0.15) is 4.80 Å². The van der Waals surface area contributed by atoms with Gasteiger partial charge in [0.1, 0.15) is 18.6 Å². The van der Waals surface area contributed by atoms with Crippen LogP contribution in [0.2, 0.25) is 0 Å². The van der Waals surface area contributed by atoms with Gasteiger partial charge in [-0.3, -0.25) is 14.4 Å². The van der Waals surface area contributed by atoms with Gasteiger partial charge in [-0.05, 0) is 82.5 Å². The molecule has 1 saturated heterocycles. The maximum absolute atomic E-state index is 14.3. The highest BCUT2D eigenvalue weighted by atomic mass is 16.3. The van der Waals surface area contributed by atoms with Gasteiger partial charge < -0.3 is 24.8 Å². The predicted molar refractivity (Wildman–Crippen MR) is 163 cm³/mol. The van der Waals surface area contributed by atoms with Crippen molar-refractivity contribution >= 4 is 28.7 Å². The Morgan fingerprint density at radius 2 is 1.78 bits per heavy atom. The number of carbonyl (C=O) groups excluding carboxylic acids is 2. The molecule has 2 bridgehead atoms. The van der Waals surface area contributed by atoms with Gasteiger partial charge in [0.15, 0.2) is 22.6 Å². The third-order valence-electron chi connectivity index (χ3n) is 11.7. The van der Waals surface area contributed by atoms with Crippen LogP contribution in [0.4, 0.5) is 5.69 Å². The van der Waals surface area contributed by atoms with Gasteiger partial charge in [-0.15, -0.1) is 10.2 Å². The van der Waals surface area contributed by atoms with Crippen molar-refractivity contribution in [3.63, 3.8) is 0 Å². The Morgan fingerprint density at radius 1 is 1.02 bits per heavy atom. The molecule has 13 heteroatoms. The molecule has 45 heavy (non-hydrogen) atoms. The van der Waals surface area contributed by atoms with E-state index >= 15 is 0 Å². The van der Waals surface area contributed by atoms with Gasteiger partial charge in [0.25, 0.3) is 5.91 Å². The summed E-state index contributed by atoms with van der Waals surface area (Å²) in [4.78, 5) is 55.2. The Bertz CT molecular complexity index is 1820. The van der Waals surface area contributed by atoms with Crippen molar-refractivity contribution in [2.24, 2.45) is 11.3 Å². The number of anilines is 1. The normalized spacial score (nSPS) is 29.9.